The number of nitrogens with two attached hydrogens (primary N) is 1. The van der Waals surface area contributed by atoms with E-state index in [1.807, 2.05) is 0 Å². The number of carbonyl (C=O) groups is 1. The van der Waals surface area contributed by atoms with Crippen molar-refractivity contribution in [2.24, 2.45) is 23.0 Å². The van der Waals surface area contributed by atoms with Crippen LogP contribution in [0.4, 0.5) is 0 Å². The third kappa shape index (κ3) is 6.37. The van der Waals surface area contributed by atoms with Crippen LogP contribution in [-0.4, -0.2) is 18.5 Å². The van der Waals surface area contributed by atoms with E-state index >= 15 is 0 Å². The highest BCUT2D eigenvalue weighted by atomic mass is 16.1. The van der Waals surface area contributed by atoms with Gasteiger partial charge in [-0.3, -0.25) is 4.79 Å². The van der Waals surface area contributed by atoms with Crippen LogP contribution in [0.5, 0.6) is 0 Å². The van der Waals surface area contributed by atoms with Gasteiger partial charge in [0, 0.05) is 12.0 Å². The zero-order valence-electron chi connectivity index (χ0n) is 14.6. The van der Waals surface area contributed by atoms with E-state index in [9.17, 15) is 4.79 Å². The number of hydrogen-bond acceptors (Lipinski definition) is 2. The van der Waals surface area contributed by atoms with Crippen LogP contribution in [0.3, 0.4) is 0 Å². The minimum atomic E-state index is 0.0767. The Kier molecular flexibility index (Phi) is 7.72. The molecule has 1 saturated carbocycles. The Bertz CT molecular complexity index is 301. The van der Waals surface area contributed by atoms with Gasteiger partial charge in [-0.05, 0) is 50.0 Å². The molecule has 0 heterocycles. The molecule has 0 aromatic carbocycles. The summed E-state index contributed by atoms with van der Waals surface area (Å²) in [7, 11) is 0. The molecule has 1 aliphatic rings. The van der Waals surface area contributed by atoms with Crippen LogP contribution in [0.15, 0.2) is 0 Å². The molecule has 0 bridgehead atoms. The van der Waals surface area contributed by atoms with Gasteiger partial charge in [-0.25, -0.2) is 0 Å². The molecule has 0 spiro atoms. The zero-order valence-corrected chi connectivity index (χ0v) is 14.6. The minimum Gasteiger partial charge on any atom is -0.353 e. The summed E-state index contributed by atoms with van der Waals surface area (Å²) in [6, 6.07) is 0.188. The Hall–Kier alpha value is -0.570. The van der Waals surface area contributed by atoms with Crippen molar-refractivity contribution in [2.75, 3.05) is 6.54 Å². The number of nitrogens with one attached hydrogen (secondary N) is 1. The smallest absolute Gasteiger partial charge is 0.223 e. The standard InChI is InChI=1S/C18H36N2O/c1-5-6-7-14-8-10-15(11-9-14)17(21)20-16(12-13-19)18(2,3)4/h14-16H,5-13,19H2,1-4H3,(H,20,21). The normalized spacial score (nSPS) is 24.6. The van der Waals surface area contributed by atoms with E-state index in [0.717, 1.165) is 25.2 Å². The van der Waals surface area contributed by atoms with Gasteiger partial charge in [0.25, 0.3) is 0 Å². The number of carbonyl (C=O) groups excluding carboxylic acids is 1. The summed E-state index contributed by atoms with van der Waals surface area (Å²) in [4.78, 5) is 12.5. The molecule has 1 rings (SSSR count). The molecular weight excluding hydrogens is 260 g/mol. The van der Waals surface area contributed by atoms with Crippen LogP contribution in [0.25, 0.3) is 0 Å². The van der Waals surface area contributed by atoms with Crippen molar-refractivity contribution in [3.63, 3.8) is 0 Å². The van der Waals surface area contributed by atoms with Crippen molar-refractivity contribution < 1.29 is 4.79 Å². The summed E-state index contributed by atoms with van der Waals surface area (Å²) in [6.07, 6.45) is 9.43. The Labute approximate surface area is 131 Å². The van der Waals surface area contributed by atoms with Crippen LogP contribution in [0.1, 0.15) is 79.1 Å². The van der Waals surface area contributed by atoms with Crippen LogP contribution in [0.2, 0.25) is 0 Å². The van der Waals surface area contributed by atoms with Crippen LogP contribution in [-0.2, 0) is 4.79 Å². The number of amides is 1. The molecule has 3 N–H and O–H groups in total. The highest BCUT2D eigenvalue weighted by Crippen LogP contribution is 2.32. The summed E-state index contributed by atoms with van der Waals surface area (Å²) in [5, 5.41) is 3.27. The molecule has 1 unspecified atom stereocenters. The predicted octanol–water partition coefficient (Wildman–Crippen LogP) is 3.86. The van der Waals surface area contributed by atoms with Crippen molar-refractivity contribution in [3.8, 4) is 0 Å². The summed E-state index contributed by atoms with van der Waals surface area (Å²) >= 11 is 0. The molecule has 0 radical (unpaired) electrons. The highest BCUT2D eigenvalue weighted by Gasteiger charge is 2.30. The molecule has 124 valence electrons. The average Bonchev–Trinajstić information content (AvgIpc) is 2.44. The van der Waals surface area contributed by atoms with Crippen molar-refractivity contribution in [3.05, 3.63) is 0 Å². The van der Waals surface area contributed by atoms with Gasteiger partial charge in [-0.15, -0.1) is 0 Å². The summed E-state index contributed by atoms with van der Waals surface area (Å²) < 4.78 is 0. The quantitative estimate of drug-likeness (QED) is 0.749. The van der Waals surface area contributed by atoms with Gasteiger partial charge in [-0.1, -0.05) is 47.0 Å². The first-order chi connectivity index (χ1) is 9.88. The molecule has 1 aliphatic carbocycles. The Balaban J connectivity index is 2.42. The van der Waals surface area contributed by atoms with E-state index < -0.39 is 0 Å². The molecule has 0 saturated heterocycles. The molecule has 1 fully saturated rings. The topological polar surface area (TPSA) is 55.1 Å². The van der Waals surface area contributed by atoms with Crippen molar-refractivity contribution >= 4 is 5.91 Å². The largest absolute Gasteiger partial charge is 0.353 e. The lowest BCUT2D eigenvalue weighted by molar-refractivity contribution is -0.127. The van der Waals surface area contributed by atoms with E-state index in [0.29, 0.717) is 6.54 Å². The van der Waals surface area contributed by atoms with Gasteiger partial charge in [-0.2, -0.15) is 0 Å². The van der Waals surface area contributed by atoms with Crippen LogP contribution < -0.4 is 11.1 Å². The first-order valence-corrected chi connectivity index (χ1v) is 8.88. The first-order valence-electron chi connectivity index (χ1n) is 8.88. The Morgan fingerprint density at radius 3 is 2.33 bits per heavy atom. The summed E-state index contributed by atoms with van der Waals surface area (Å²) in [6.45, 7) is 9.41. The highest BCUT2D eigenvalue weighted by molar-refractivity contribution is 5.79. The lowest BCUT2D eigenvalue weighted by atomic mass is 9.78. The van der Waals surface area contributed by atoms with Gasteiger partial charge in [0.1, 0.15) is 0 Å². The van der Waals surface area contributed by atoms with E-state index in [1.165, 1.54) is 32.1 Å². The molecule has 1 atom stereocenters. The Morgan fingerprint density at radius 1 is 1.24 bits per heavy atom. The third-order valence-corrected chi connectivity index (χ3v) is 5.00. The van der Waals surface area contributed by atoms with Crippen LogP contribution >= 0.6 is 0 Å². The van der Waals surface area contributed by atoms with E-state index in [-0.39, 0.29) is 23.3 Å². The fraction of sp³-hybridized carbons (Fsp3) is 0.944. The molecule has 0 aromatic rings. The number of unbranched alkanes of at least 4 members (excludes halogenated alkanes) is 1. The van der Waals surface area contributed by atoms with Gasteiger partial charge >= 0.3 is 0 Å². The van der Waals surface area contributed by atoms with Gasteiger partial charge in [0.15, 0.2) is 0 Å². The van der Waals surface area contributed by atoms with Crippen LogP contribution in [0, 0.1) is 17.3 Å². The predicted molar refractivity (Wildman–Crippen MR) is 90.0 cm³/mol. The van der Waals surface area contributed by atoms with Crippen molar-refractivity contribution in [1.82, 2.24) is 5.32 Å². The van der Waals surface area contributed by atoms with Gasteiger partial charge in [0.2, 0.25) is 5.91 Å². The zero-order chi connectivity index (χ0) is 15.9. The minimum absolute atomic E-state index is 0.0767. The molecule has 3 nitrogen and oxygen atoms in total. The second kappa shape index (κ2) is 8.77. The second-order valence-corrected chi connectivity index (χ2v) is 7.86. The van der Waals surface area contributed by atoms with Crippen molar-refractivity contribution in [2.45, 2.75) is 85.1 Å². The molecule has 21 heavy (non-hydrogen) atoms. The maximum absolute atomic E-state index is 12.5. The van der Waals surface area contributed by atoms with E-state index in [4.69, 9.17) is 5.73 Å². The molecule has 1 amide bonds. The number of rotatable bonds is 7. The maximum Gasteiger partial charge on any atom is 0.223 e. The molecule has 0 aliphatic heterocycles. The van der Waals surface area contributed by atoms with Gasteiger partial charge < -0.3 is 11.1 Å². The fourth-order valence-electron chi connectivity index (χ4n) is 3.38. The van der Waals surface area contributed by atoms with E-state index in [1.54, 1.807) is 0 Å². The van der Waals surface area contributed by atoms with Gasteiger partial charge in [0.05, 0.1) is 0 Å². The molecule has 3 heteroatoms. The lowest BCUT2D eigenvalue weighted by Crippen LogP contribution is -2.47. The summed E-state index contributed by atoms with van der Waals surface area (Å²) in [5.74, 6) is 1.35. The lowest BCUT2D eigenvalue weighted by Gasteiger charge is -2.34. The maximum atomic E-state index is 12.5. The average molecular weight is 296 g/mol. The Morgan fingerprint density at radius 2 is 1.86 bits per heavy atom. The summed E-state index contributed by atoms with van der Waals surface area (Å²) in [5.41, 5.74) is 5.77. The van der Waals surface area contributed by atoms with Crippen molar-refractivity contribution in [1.29, 1.82) is 0 Å². The SMILES string of the molecule is CCCCC1CCC(C(=O)NC(CCN)C(C)(C)C)CC1. The third-order valence-electron chi connectivity index (χ3n) is 5.00. The second-order valence-electron chi connectivity index (χ2n) is 7.86. The molecule has 0 aromatic heterocycles. The first kappa shape index (κ1) is 18.5. The fourth-order valence-corrected chi connectivity index (χ4v) is 3.38. The number of hydrogen-bond donors (Lipinski definition) is 2. The monoisotopic (exact) mass is 296 g/mol. The van der Waals surface area contributed by atoms with E-state index in [2.05, 4.69) is 33.0 Å². The molecular formula is C18H36N2O.